The number of amides is 4. The molecule has 4 bridgehead atoms. The lowest BCUT2D eigenvalue weighted by molar-refractivity contribution is -0.138. The van der Waals surface area contributed by atoms with Crippen LogP contribution in [0.25, 0.3) is 42.9 Å². The van der Waals surface area contributed by atoms with Gasteiger partial charge in [0.1, 0.15) is 9.66 Å². The zero-order valence-corrected chi connectivity index (χ0v) is 62.4. The number of aromatic nitrogens is 2. The number of benzene rings is 2. The predicted octanol–water partition coefficient (Wildman–Crippen LogP) is 13.3. The summed E-state index contributed by atoms with van der Waals surface area (Å²) in [6.07, 6.45) is 13.6. The fraction of sp³-hybridized carbons (Fsp3) is 0.615. The molecule has 0 atom stereocenters. The fourth-order valence-corrected chi connectivity index (χ4v) is 19.4. The van der Waals surface area contributed by atoms with Crippen molar-refractivity contribution >= 4 is 89.9 Å². The van der Waals surface area contributed by atoms with Crippen LogP contribution in [0.1, 0.15) is 185 Å². The van der Waals surface area contributed by atoms with Crippen LogP contribution in [-0.4, -0.2) is 208 Å². The Morgan fingerprint density at radius 3 is 1.15 bits per heavy atom. The lowest BCUT2D eigenvalue weighted by Crippen LogP contribution is -2.52. The van der Waals surface area contributed by atoms with E-state index < -0.39 is 21.7 Å². The second-order valence-corrected chi connectivity index (χ2v) is 34.5. The maximum Gasteiger partial charge on any atom is 0.236 e. The Hall–Kier alpha value is -5.73. The van der Waals surface area contributed by atoms with Crippen LogP contribution in [0.15, 0.2) is 48.5 Å². The van der Waals surface area contributed by atoms with E-state index in [4.69, 9.17) is 11.6 Å². The van der Waals surface area contributed by atoms with Crippen LogP contribution >= 0.6 is 34.3 Å². The molecule has 0 unspecified atom stereocenters. The van der Waals surface area contributed by atoms with Crippen molar-refractivity contribution in [2.75, 3.05) is 104 Å². The summed E-state index contributed by atoms with van der Waals surface area (Å²) < 4.78 is 0. The second-order valence-electron chi connectivity index (χ2n) is 32.1. The van der Waals surface area contributed by atoms with Crippen LogP contribution in [0.2, 0.25) is 0 Å². The number of thiophene rings is 2. The van der Waals surface area contributed by atoms with Crippen molar-refractivity contribution in [1.29, 1.82) is 0 Å². The van der Waals surface area contributed by atoms with Gasteiger partial charge in [0, 0.05) is 146 Å². The van der Waals surface area contributed by atoms with Gasteiger partial charge in [0.2, 0.25) is 23.6 Å². The summed E-state index contributed by atoms with van der Waals surface area (Å²) in [6, 6.07) is 18.6. The first-order valence-corrected chi connectivity index (χ1v) is 38.5. The van der Waals surface area contributed by atoms with Gasteiger partial charge in [0.25, 0.3) is 0 Å². The van der Waals surface area contributed by atoms with Crippen LogP contribution in [0.3, 0.4) is 0 Å². The Morgan fingerprint density at radius 1 is 0.454 bits per heavy atom. The van der Waals surface area contributed by atoms with Gasteiger partial charge in [-0.3, -0.25) is 43.5 Å². The summed E-state index contributed by atoms with van der Waals surface area (Å²) >= 11 is 9.48. The molecule has 524 valence electrons. The van der Waals surface area contributed by atoms with E-state index in [9.17, 15) is 28.8 Å². The van der Waals surface area contributed by atoms with Crippen LogP contribution in [0.5, 0.6) is 0 Å². The molecule has 3 N–H and O–H groups in total. The molecule has 8 saturated heterocycles. The Labute approximate surface area is 588 Å². The molecule has 97 heavy (non-hydrogen) atoms. The lowest BCUT2D eigenvalue weighted by Gasteiger charge is -2.38. The van der Waals surface area contributed by atoms with Crippen molar-refractivity contribution in [3.63, 3.8) is 0 Å². The maximum atomic E-state index is 14.9. The number of fused-ring (bicyclic) bond motifs is 6. The summed E-state index contributed by atoms with van der Waals surface area (Å²) in [5.41, 5.74) is 7.15. The van der Waals surface area contributed by atoms with Crippen molar-refractivity contribution in [2.24, 2.45) is 10.8 Å². The molecule has 6 aromatic rings. The number of piperazine rings is 2. The number of halogens is 1. The number of carbonyl (C=O) groups excluding carboxylic acids is 6. The summed E-state index contributed by atoms with van der Waals surface area (Å²) in [5.74, 6) is 1.41. The Balaban J connectivity index is 0.000000159. The number of H-pyrrole nitrogens is 2. The van der Waals surface area contributed by atoms with E-state index in [1.807, 2.05) is 37.5 Å². The standard InChI is InChI=1S/C39H53N5O3S.C29H35ClN2O2S.C10H19N3O/c1-25-19-26(2)21-27(20-25)34-33(30-22-31(48-36(30)40-34)39(5,6)37(47)44-28-9-10-29(44)12-11-28)35(46)38(3,4)24-42-17-15-41(16-18-42)23-32(45)43-13-7-8-14-43;1-16-11-17(2)13-18(12-16)24-23(25(33)28(3,4)15-30)21-14-22(35-26(21)31-24)29(5,6)27(34)32-19-7-8-20(32)10-9-19;14-10(13-5-1-2-6-13)9-12-7-3-11-4-8-12/h19-22,28-29,40H,7-18,23-24H2,1-6H3;11-14,19-20,31H,7-10,15H2,1-6H3;11H,1-9H2. The van der Waals surface area contributed by atoms with Crippen LogP contribution in [0.4, 0.5) is 0 Å². The normalized spacial score (nSPS) is 21.9. The highest BCUT2D eigenvalue weighted by Gasteiger charge is 2.50. The van der Waals surface area contributed by atoms with Gasteiger partial charge in [0.05, 0.1) is 46.4 Å². The number of carbonyl (C=O) groups is 6. The summed E-state index contributed by atoms with van der Waals surface area (Å²) in [7, 11) is 0. The highest BCUT2D eigenvalue weighted by Crippen LogP contribution is 2.48. The van der Waals surface area contributed by atoms with Gasteiger partial charge in [-0.2, -0.15) is 0 Å². The molecular formula is C78H107ClN10O6S2. The number of rotatable bonds is 17. The van der Waals surface area contributed by atoms with Gasteiger partial charge in [-0.1, -0.05) is 62.1 Å². The molecule has 2 aromatic carbocycles. The van der Waals surface area contributed by atoms with E-state index in [0.717, 1.165) is 223 Å². The van der Waals surface area contributed by atoms with Crippen LogP contribution in [-0.2, 0) is 30.0 Å². The summed E-state index contributed by atoms with van der Waals surface area (Å²) in [5, 5.41) is 5.12. The van der Waals surface area contributed by atoms with E-state index >= 15 is 0 Å². The van der Waals surface area contributed by atoms with Crippen molar-refractivity contribution in [3.05, 3.63) is 91.7 Å². The van der Waals surface area contributed by atoms with Crippen molar-refractivity contribution < 1.29 is 28.8 Å². The fourth-order valence-electron chi connectivity index (χ4n) is 16.9. The van der Waals surface area contributed by atoms with Crippen molar-refractivity contribution in [2.45, 2.75) is 195 Å². The maximum absolute atomic E-state index is 14.9. The Kier molecular flexibility index (Phi) is 21.1. The molecule has 12 heterocycles. The number of aromatic amines is 2. The van der Waals surface area contributed by atoms with Gasteiger partial charge < -0.3 is 34.9 Å². The predicted molar refractivity (Wildman–Crippen MR) is 395 cm³/mol. The number of Topliss-reactive ketones (excluding diaryl/α,β-unsaturated/α-hetero) is 2. The number of hydrogen-bond donors (Lipinski definition) is 3. The first kappa shape index (κ1) is 71.1. The van der Waals surface area contributed by atoms with E-state index in [-0.39, 0.29) is 35.2 Å². The third-order valence-electron chi connectivity index (χ3n) is 22.6. The monoisotopic (exact) mass is 1380 g/mol. The molecule has 14 rings (SSSR count). The first-order chi connectivity index (χ1) is 46.1. The summed E-state index contributed by atoms with van der Waals surface area (Å²) in [6.45, 7) is 37.4. The number of hydrogen-bond acceptors (Lipinski definition) is 12. The highest BCUT2D eigenvalue weighted by atomic mass is 35.5. The van der Waals surface area contributed by atoms with Crippen molar-refractivity contribution in [1.82, 2.24) is 49.6 Å². The van der Waals surface area contributed by atoms with Gasteiger partial charge >= 0.3 is 0 Å². The highest BCUT2D eigenvalue weighted by molar-refractivity contribution is 7.19. The zero-order valence-electron chi connectivity index (χ0n) is 60.0. The molecule has 19 heteroatoms. The minimum Gasteiger partial charge on any atom is -0.346 e. The lowest BCUT2D eigenvalue weighted by atomic mass is 9.81. The van der Waals surface area contributed by atoms with Gasteiger partial charge in [-0.25, -0.2) is 0 Å². The molecule has 0 saturated carbocycles. The third kappa shape index (κ3) is 14.8. The van der Waals surface area contributed by atoms with E-state index in [0.29, 0.717) is 55.3 Å². The molecule has 16 nitrogen and oxygen atoms in total. The van der Waals surface area contributed by atoms with Crippen LogP contribution in [0, 0.1) is 38.5 Å². The third-order valence-corrected chi connectivity index (χ3v) is 26.0. The number of nitrogens with one attached hydrogen (secondary N) is 3. The largest absolute Gasteiger partial charge is 0.346 e. The minimum absolute atomic E-state index is 0.0268. The number of ketones is 2. The Bertz CT molecular complexity index is 3840. The SMILES string of the molecule is Cc1cc(C)cc(-c2[nH]c3sc(C(C)(C)C(=O)N4C5CCC4CC5)cc3c2C(=O)C(C)(C)CCl)c1.Cc1cc(C)cc(-c2[nH]c3sc(C(C)(C)C(=O)N4C5CCC4CC5)cc3c2C(=O)C(C)(C)CN2CCN(CC(=O)N3CCCC3)CC2)c1.O=C(CN1CCNCC1)N1CCCC1. The van der Waals surface area contributed by atoms with Crippen molar-refractivity contribution in [3.8, 4) is 22.5 Å². The van der Waals surface area contributed by atoms with Gasteiger partial charge in [0.15, 0.2) is 11.6 Å². The topological polar surface area (TPSA) is 169 Å². The number of likely N-dealkylation sites (tertiary alicyclic amines) is 2. The minimum atomic E-state index is -0.702. The Morgan fingerprint density at radius 2 is 0.794 bits per heavy atom. The zero-order chi connectivity index (χ0) is 69.0. The van der Waals surface area contributed by atoms with Crippen LogP contribution < -0.4 is 5.32 Å². The van der Waals surface area contributed by atoms with E-state index in [1.165, 1.54) is 12.8 Å². The number of aryl methyl sites for hydroxylation is 4. The van der Waals surface area contributed by atoms with Gasteiger partial charge in [-0.15, -0.1) is 34.3 Å². The summed E-state index contributed by atoms with van der Waals surface area (Å²) in [4.78, 5) is 107. The molecule has 4 amide bonds. The molecule has 8 aliphatic rings. The second kappa shape index (κ2) is 28.7. The van der Waals surface area contributed by atoms with Gasteiger partial charge in [-0.05, 0) is 180 Å². The van der Waals surface area contributed by atoms with E-state index in [1.54, 1.807) is 22.7 Å². The average Bonchev–Trinajstić information content (AvgIpc) is 1.60. The molecule has 0 radical (unpaired) electrons. The number of alkyl halides is 1. The first-order valence-electron chi connectivity index (χ1n) is 36.4. The molecular weight excluding hydrogens is 1270 g/mol. The quantitative estimate of drug-likeness (QED) is 0.0590. The molecule has 4 aromatic heterocycles. The molecule has 8 fully saturated rings. The average molecular weight is 1380 g/mol. The van der Waals surface area contributed by atoms with E-state index in [2.05, 4.69) is 144 Å². The number of nitrogens with zero attached hydrogens (tertiary/aromatic N) is 7. The molecule has 0 aliphatic carbocycles. The smallest absolute Gasteiger partial charge is 0.236 e. The molecule has 8 aliphatic heterocycles. The molecule has 0 spiro atoms.